The summed E-state index contributed by atoms with van der Waals surface area (Å²) in [6, 6.07) is 5.61. The molecule has 6 heteroatoms. The van der Waals surface area contributed by atoms with E-state index >= 15 is 0 Å². The second-order valence-electron chi connectivity index (χ2n) is 4.85. The van der Waals surface area contributed by atoms with Crippen molar-refractivity contribution in [1.82, 2.24) is 20.2 Å². The number of nitrogens with two attached hydrogens (primary N) is 1. The highest BCUT2D eigenvalue weighted by Gasteiger charge is 2.24. The largest absolute Gasteiger partial charge is 0.494 e. The van der Waals surface area contributed by atoms with Crippen molar-refractivity contribution in [2.45, 2.75) is 26.3 Å². The van der Waals surface area contributed by atoms with Gasteiger partial charge in [-0.15, -0.1) is 5.10 Å². The van der Waals surface area contributed by atoms with Crippen LogP contribution in [0.4, 0.5) is 5.69 Å². The van der Waals surface area contributed by atoms with Crippen molar-refractivity contribution in [2.75, 3.05) is 12.3 Å². The van der Waals surface area contributed by atoms with Crippen LogP contribution >= 0.6 is 0 Å². The van der Waals surface area contributed by atoms with Crippen LogP contribution in [0.25, 0.3) is 11.4 Å². The Kier molecular flexibility index (Phi) is 3.06. The molecule has 1 saturated carbocycles. The van der Waals surface area contributed by atoms with Crippen LogP contribution in [0, 0.1) is 5.92 Å². The van der Waals surface area contributed by atoms with Crippen molar-refractivity contribution in [3.63, 3.8) is 0 Å². The van der Waals surface area contributed by atoms with Crippen LogP contribution in [0.2, 0.25) is 0 Å². The molecule has 3 rings (SSSR count). The molecule has 1 fully saturated rings. The summed E-state index contributed by atoms with van der Waals surface area (Å²) in [5.41, 5.74) is 7.45. The molecule has 1 heterocycles. The van der Waals surface area contributed by atoms with Gasteiger partial charge in [-0.2, -0.15) is 0 Å². The summed E-state index contributed by atoms with van der Waals surface area (Å²) in [5, 5.41) is 11.9. The van der Waals surface area contributed by atoms with Crippen molar-refractivity contribution in [2.24, 2.45) is 5.92 Å². The van der Waals surface area contributed by atoms with E-state index in [0.717, 1.165) is 29.6 Å². The Bertz CT molecular complexity index is 576. The van der Waals surface area contributed by atoms with E-state index in [1.54, 1.807) is 0 Å². The molecular weight excluding hydrogens is 242 g/mol. The lowest BCUT2D eigenvalue weighted by Crippen LogP contribution is -2.05. The van der Waals surface area contributed by atoms with Crippen LogP contribution in [0.15, 0.2) is 18.2 Å². The zero-order valence-electron chi connectivity index (χ0n) is 10.9. The van der Waals surface area contributed by atoms with Crippen LogP contribution in [0.1, 0.15) is 19.8 Å². The molecule has 0 bridgehead atoms. The summed E-state index contributed by atoms with van der Waals surface area (Å²) in [5.74, 6) is 2.22. The summed E-state index contributed by atoms with van der Waals surface area (Å²) in [6.45, 7) is 3.43. The average molecular weight is 259 g/mol. The molecule has 2 N–H and O–H groups in total. The van der Waals surface area contributed by atoms with Gasteiger partial charge in [0, 0.05) is 23.9 Å². The summed E-state index contributed by atoms with van der Waals surface area (Å²) >= 11 is 0. The summed E-state index contributed by atoms with van der Waals surface area (Å²) in [6.07, 6.45) is 2.53. The predicted molar refractivity (Wildman–Crippen MR) is 71.6 cm³/mol. The second kappa shape index (κ2) is 4.87. The van der Waals surface area contributed by atoms with E-state index in [1.807, 2.05) is 29.8 Å². The lowest BCUT2D eigenvalue weighted by Gasteiger charge is -2.08. The molecule has 19 heavy (non-hydrogen) atoms. The molecule has 1 aliphatic carbocycles. The minimum atomic E-state index is 0.607. The van der Waals surface area contributed by atoms with E-state index in [9.17, 15) is 0 Å². The zero-order valence-corrected chi connectivity index (χ0v) is 10.9. The minimum Gasteiger partial charge on any atom is -0.494 e. The van der Waals surface area contributed by atoms with Crippen molar-refractivity contribution >= 4 is 5.69 Å². The number of nitrogens with zero attached hydrogens (tertiary/aromatic N) is 4. The molecule has 0 aliphatic heterocycles. The molecule has 1 aliphatic rings. The summed E-state index contributed by atoms with van der Waals surface area (Å²) in [4.78, 5) is 0. The highest BCUT2D eigenvalue weighted by molar-refractivity contribution is 5.64. The lowest BCUT2D eigenvalue weighted by molar-refractivity contribution is 0.340. The quantitative estimate of drug-likeness (QED) is 0.827. The Hall–Kier alpha value is -2.11. The molecular formula is C13H17N5O. The number of anilines is 1. The minimum absolute atomic E-state index is 0.607. The number of benzene rings is 1. The number of tetrazole rings is 1. The fraction of sp³-hybridized carbons (Fsp3) is 0.462. The van der Waals surface area contributed by atoms with Gasteiger partial charge in [0.2, 0.25) is 0 Å². The van der Waals surface area contributed by atoms with Crippen LogP contribution in [0.3, 0.4) is 0 Å². The van der Waals surface area contributed by atoms with Gasteiger partial charge in [-0.05, 0) is 48.2 Å². The zero-order chi connectivity index (χ0) is 13.2. The van der Waals surface area contributed by atoms with Gasteiger partial charge >= 0.3 is 0 Å². The van der Waals surface area contributed by atoms with Crippen molar-refractivity contribution in [3.8, 4) is 17.1 Å². The first-order valence-electron chi connectivity index (χ1n) is 6.56. The summed E-state index contributed by atoms with van der Waals surface area (Å²) in [7, 11) is 0. The summed E-state index contributed by atoms with van der Waals surface area (Å²) < 4.78 is 7.35. The van der Waals surface area contributed by atoms with Gasteiger partial charge in [-0.3, -0.25) is 0 Å². The topological polar surface area (TPSA) is 78.8 Å². The Balaban J connectivity index is 1.93. The van der Waals surface area contributed by atoms with Gasteiger partial charge in [0.1, 0.15) is 5.75 Å². The highest BCUT2D eigenvalue weighted by Crippen LogP contribution is 2.32. The first-order chi connectivity index (χ1) is 9.26. The monoisotopic (exact) mass is 259 g/mol. The van der Waals surface area contributed by atoms with Gasteiger partial charge < -0.3 is 10.5 Å². The van der Waals surface area contributed by atoms with Gasteiger partial charge in [0.25, 0.3) is 0 Å². The average Bonchev–Trinajstić information content (AvgIpc) is 3.05. The first-order valence-corrected chi connectivity index (χ1v) is 6.56. The number of hydrogen-bond acceptors (Lipinski definition) is 5. The molecule has 0 amide bonds. The van der Waals surface area contributed by atoms with Gasteiger partial charge in [-0.25, -0.2) is 4.68 Å². The number of rotatable bonds is 5. The van der Waals surface area contributed by atoms with E-state index in [2.05, 4.69) is 15.5 Å². The van der Waals surface area contributed by atoms with E-state index in [-0.39, 0.29) is 0 Å². The molecule has 100 valence electrons. The highest BCUT2D eigenvalue weighted by atomic mass is 16.5. The molecule has 1 aromatic carbocycles. The Morgan fingerprint density at radius 2 is 2.21 bits per heavy atom. The van der Waals surface area contributed by atoms with Crippen LogP contribution in [0.5, 0.6) is 5.75 Å². The maximum absolute atomic E-state index is 5.90. The lowest BCUT2D eigenvalue weighted by atomic mass is 10.1. The van der Waals surface area contributed by atoms with Crippen molar-refractivity contribution in [1.29, 1.82) is 0 Å². The fourth-order valence-corrected chi connectivity index (χ4v) is 2.08. The van der Waals surface area contributed by atoms with E-state index in [1.165, 1.54) is 12.8 Å². The SMILES string of the molecule is CCOc1cc(N)cc(-c2nnnn2CC2CC2)c1. The maximum atomic E-state index is 5.90. The van der Waals surface area contributed by atoms with Gasteiger partial charge in [0.05, 0.1) is 6.61 Å². The molecule has 0 spiro atoms. The first kappa shape index (κ1) is 12.0. The molecule has 6 nitrogen and oxygen atoms in total. The van der Waals surface area contributed by atoms with E-state index in [0.29, 0.717) is 12.3 Å². The van der Waals surface area contributed by atoms with E-state index in [4.69, 9.17) is 10.5 Å². The molecule has 0 unspecified atom stereocenters. The van der Waals surface area contributed by atoms with E-state index < -0.39 is 0 Å². The van der Waals surface area contributed by atoms with Crippen LogP contribution in [-0.4, -0.2) is 26.8 Å². The van der Waals surface area contributed by atoms with Crippen LogP contribution < -0.4 is 10.5 Å². The predicted octanol–water partition coefficient (Wildman–Crippen LogP) is 1.73. The molecule has 2 aromatic rings. The smallest absolute Gasteiger partial charge is 0.182 e. The number of aromatic nitrogens is 4. The standard InChI is InChI=1S/C13H17N5O/c1-2-19-12-6-10(5-11(14)7-12)13-15-16-17-18(13)8-9-3-4-9/h5-7,9H,2-4,8,14H2,1H3. The molecule has 0 saturated heterocycles. The third-order valence-electron chi connectivity index (χ3n) is 3.16. The molecule has 0 atom stereocenters. The Morgan fingerprint density at radius 1 is 1.37 bits per heavy atom. The third kappa shape index (κ3) is 2.67. The van der Waals surface area contributed by atoms with Gasteiger partial charge in [-0.1, -0.05) is 0 Å². The fourth-order valence-electron chi connectivity index (χ4n) is 2.08. The normalized spacial score (nSPS) is 14.6. The van der Waals surface area contributed by atoms with Crippen LogP contribution in [-0.2, 0) is 6.54 Å². The molecule has 1 aromatic heterocycles. The van der Waals surface area contributed by atoms with Crippen molar-refractivity contribution in [3.05, 3.63) is 18.2 Å². The molecule has 0 radical (unpaired) electrons. The second-order valence-corrected chi connectivity index (χ2v) is 4.85. The third-order valence-corrected chi connectivity index (χ3v) is 3.16. The maximum Gasteiger partial charge on any atom is 0.182 e. The van der Waals surface area contributed by atoms with Crippen molar-refractivity contribution < 1.29 is 4.74 Å². The number of hydrogen-bond donors (Lipinski definition) is 1. The Morgan fingerprint density at radius 3 is 2.95 bits per heavy atom. The van der Waals surface area contributed by atoms with Gasteiger partial charge in [0.15, 0.2) is 5.82 Å². The Labute approximate surface area is 111 Å². The number of nitrogen functional groups attached to an aromatic ring is 1. The number of ether oxygens (including phenoxy) is 1.